The highest BCUT2D eigenvalue weighted by atomic mass is 32.1. The normalized spacial score (nSPS) is 18.4. The lowest BCUT2D eigenvalue weighted by Gasteiger charge is -2.27. The van der Waals surface area contributed by atoms with Crippen LogP contribution in [-0.2, 0) is 9.59 Å². The Morgan fingerprint density at radius 1 is 1.17 bits per heavy atom. The molecule has 2 heterocycles. The van der Waals surface area contributed by atoms with Crippen LogP contribution in [0, 0.1) is 0 Å². The SMILES string of the molecule is CC[NH+](CC)CCCN1C(=O)C(=O)C(=C([O-])c2ccc(OC)cc2)C1c1cccs1. The predicted molar refractivity (Wildman–Crippen MR) is 115 cm³/mol. The molecule has 0 radical (unpaired) electrons. The van der Waals surface area contributed by atoms with Gasteiger partial charge in [0.2, 0.25) is 5.78 Å². The number of carbonyl (C=O) groups excluding carboxylic acids is 2. The summed E-state index contributed by atoms with van der Waals surface area (Å²) >= 11 is 1.45. The van der Waals surface area contributed by atoms with Crippen LogP contribution in [0.15, 0.2) is 47.4 Å². The number of nitrogens with zero attached hydrogens (tertiary/aromatic N) is 1. The van der Waals surface area contributed by atoms with E-state index >= 15 is 0 Å². The molecule has 1 N–H and O–H groups in total. The van der Waals surface area contributed by atoms with Gasteiger partial charge in [0, 0.05) is 23.4 Å². The van der Waals surface area contributed by atoms with E-state index in [4.69, 9.17) is 4.74 Å². The van der Waals surface area contributed by atoms with Crippen molar-refractivity contribution in [1.29, 1.82) is 0 Å². The summed E-state index contributed by atoms with van der Waals surface area (Å²) in [4.78, 5) is 29.6. The highest BCUT2D eigenvalue weighted by molar-refractivity contribution is 7.10. The van der Waals surface area contributed by atoms with Gasteiger partial charge in [-0.3, -0.25) is 9.59 Å². The smallest absolute Gasteiger partial charge is 0.295 e. The third-order valence-electron chi connectivity index (χ3n) is 5.62. The lowest BCUT2D eigenvalue weighted by molar-refractivity contribution is -0.896. The third-order valence-corrected chi connectivity index (χ3v) is 6.55. The number of Topliss-reactive ketones (excluding diaryl/α,β-unsaturated/α-hetero) is 1. The maximum absolute atomic E-state index is 13.3. The molecule has 1 saturated heterocycles. The Morgan fingerprint density at radius 2 is 1.87 bits per heavy atom. The number of ketones is 1. The Bertz CT molecular complexity index is 902. The molecular weight excluding hydrogens is 400 g/mol. The van der Waals surface area contributed by atoms with Crippen LogP contribution in [0.4, 0.5) is 0 Å². The van der Waals surface area contributed by atoms with Gasteiger partial charge in [-0.25, -0.2) is 0 Å². The van der Waals surface area contributed by atoms with Gasteiger partial charge in [-0.15, -0.1) is 11.3 Å². The molecule has 0 spiro atoms. The van der Waals surface area contributed by atoms with Crippen molar-refractivity contribution in [2.24, 2.45) is 0 Å². The fourth-order valence-corrected chi connectivity index (χ4v) is 4.69. The van der Waals surface area contributed by atoms with Crippen LogP contribution < -0.4 is 14.7 Å². The number of nitrogens with one attached hydrogen (secondary N) is 1. The minimum Gasteiger partial charge on any atom is -0.872 e. The molecular formula is C23H28N2O4S. The number of hydrogen-bond acceptors (Lipinski definition) is 5. The number of likely N-dealkylation sites (tertiary alicyclic amines) is 1. The van der Waals surface area contributed by atoms with E-state index in [-0.39, 0.29) is 5.57 Å². The van der Waals surface area contributed by atoms with Gasteiger partial charge in [-0.1, -0.05) is 24.0 Å². The topological polar surface area (TPSA) is 74.1 Å². The zero-order valence-corrected chi connectivity index (χ0v) is 18.5. The van der Waals surface area contributed by atoms with Crippen LogP contribution >= 0.6 is 11.3 Å². The molecule has 1 aromatic carbocycles. The molecule has 2 aromatic rings. The highest BCUT2D eigenvalue weighted by Crippen LogP contribution is 2.40. The highest BCUT2D eigenvalue weighted by Gasteiger charge is 2.44. The summed E-state index contributed by atoms with van der Waals surface area (Å²) in [5.41, 5.74) is 0.422. The van der Waals surface area contributed by atoms with Gasteiger partial charge in [0.25, 0.3) is 5.91 Å². The summed E-state index contributed by atoms with van der Waals surface area (Å²) in [6.07, 6.45) is 0.780. The van der Waals surface area contributed by atoms with Crippen molar-refractivity contribution in [2.45, 2.75) is 26.3 Å². The van der Waals surface area contributed by atoms with Gasteiger partial charge >= 0.3 is 0 Å². The Labute approximate surface area is 181 Å². The molecule has 0 bridgehead atoms. The fourth-order valence-electron chi connectivity index (χ4n) is 3.84. The molecule has 1 aliphatic heterocycles. The predicted octanol–water partition coefficient (Wildman–Crippen LogP) is 1.30. The van der Waals surface area contributed by atoms with Crippen molar-refractivity contribution in [3.63, 3.8) is 0 Å². The summed E-state index contributed by atoms with van der Waals surface area (Å²) in [6, 6.07) is 9.76. The second-order valence-electron chi connectivity index (χ2n) is 7.28. The van der Waals surface area contributed by atoms with Gasteiger partial charge in [0.05, 0.1) is 32.8 Å². The minimum atomic E-state index is -0.690. The van der Waals surface area contributed by atoms with Gasteiger partial charge in [0.15, 0.2) is 0 Å². The molecule has 1 unspecified atom stereocenters. The first kappa shape index (κ1) is 22.1. The van der Waals surface area contributed by atoms with E-state index in [0.29, 0.717) is 17.9 Å². The van der Waals surface area contributed by atoms with E-state index in [1.165, 1.54) is 16.2 Å². The Morgan fingerprint density at radius 3 is 2.43 bits per heavy atom. The van der Waals surface area contributed by atoms with E-state index < -0.39 is 23.5 Å². The lowest BCUT2D eigenvalue weighted by atomic mass is 10.00. The standard InChI is InChI=1S/C23H28N2O4S/c1-4-24(5-2)13-7-14-25-20(18-8-6-15-30-18)19(22(27)23(25)28)21(26)16-9-11-17(29-3)12-10-16/h6,8-12,15,20,26H,4-5,7,13-14H2,1-3H3. The molecule has 6 nitrogen and oxygen atoms in total. The van der Waals surface area contributed by atoms with Gasteiger partial charge < -0.3 is 19.6 Å². The first-order chi connectivity index (χ1) is 14.5. The van der Waals surface area contributed by atoms with E-state index in [2.05, 4.69) is 13.8 Å². The van der Waals surface area contributed by atoms with Crippen LogP contribution in [0.3, 0.4) is 0 Å². The molecule has 160 valence electrons. The molecule has 0 saturated carbocycles. The molecule has 1 aliphatic rings. The molecule has 30 heavy (non-hydrogen) atoms. The first-order valence-corrected chi connectivity index (χ1v) is 11.2. The van der Waals surface area contributed by atoms with Crippen LogP contribution in [0.5, 0.6) is 5.75 Å². The van der Waals surface area contributed by atoms with E-state index in [9.17, 15) is 14.7 Å². The number of carbonyl (C=O) groups is 2. The number of ether oxygens (including phenoxy) is 1. The van der Waals surface area contributed by atoms with Crippen molar-refractivity contribution < 1.29 is 24.3 Å². The number of amides is 1. The molecule has 7 heteroatoms. The van der Waals surface area contributed by atoms with Gasteiger partial charge in [-0.05, 0) is 43.0 Å². The molecule has 3 rings (SSSR count). The average Bonchev–Trinajstić information content (AvgIpc) is 3.38. The molecule has 0 aliphatic carbocycles. The zero-order valence-electron chi connectivity index (χ0n) is 17.6. The van der Waals surface area contributed by atoms with Gasteiger partial charge in [-0.2, -0.15) is 0 Å². The number of thiophene rings is 1. The second-order valence-corrected chi connectivity index (χ2v) is 8.26. The van der Waals surface area contributed by atoms with Crippen molar-refractivity contribution in [1.82, 2.24) is 4.90 Å². The van der Waals surface area contributed by atoms with Crippen LogP contribution in [-0.4, -0.2) is 49.9 Å². The fraction of sp³-hybridized carbons (Fsp3) is 0.391. The lowest BCUT2D eigenvalue weighted by Crippen LogP contribution is -3.11. The van der Waals surface area contributed by atoms with Crippen molar-refractivity contribution in [2.75, 3.05) is 33.3 Å². The minimum absolute atomic E-state index is 0.0443. The Kier molecular flexibility index (Phi) is 7.29. The Balaban J connectivity index is 1.95. The summed E-state index contributed by atoms with van der Waals surface area (Å²) in [6.45, 7) is 7.69. The average molecular weight is 429 g/mol. The number of quaternary nitrogens is 1. The van der Waals surface area contributed by atoms with E-state index in [1.807, 2.05) is 17.5 Å². The first-order valence-electron chi connectivity index (χ1n) is 10.3. The van der Waals surface area contributed by atoms with Crippen LogP contribution in [0.1, 0.15) is 36.8 Å². The molecule has 1 atom stereocenters. The van der Waals surface area contributed by atoms with E-state index in [1.54, 1.807) is 36.3 Å². The summed E-state index contributed by atoms with van der Waals surface area (Å²) in [7, 11) is 1.55. The maximum atomic E-state index is 13.3. The largest absolute Gasteiger partial charge is 0.872 e. The van der Waals surface area contributed by atoms with Crippen molar-refractivity contribution in [3.05, 3.63) is 57.8 Å². The van der Waals surface area contributed by atoms with Crippen LogP contribution in [0.2, 0.25) is 0 Å². The number of methoxy groups -OCH3 is 1. The monoisotopic (exact) mass is 428 g/mol. The number of benzene rings is 1. The van der Waals surface area contributed by atoms with Crippen LogP contribution in [0.25, 0.3) is 5.76 Å². The molecule has 1 amide bonds. The maximum Gasteiger partial charge on any atom is 0.295 e. The van der Waals surface area contributed by atoms with Crippen molar-refractivity contribution in [3.8, 4) is 5.75 Å². The number of hydrogen-bond donors (Lipinski definition) is 1. The summed E-state index contributed by atoms with van der Waals surface area (Å²) in [5, 5.41) is 15.2. The molecule has 1 fully saturated rings. The Hall–Kier alpha value is -2.64. The summed E-state index contributed by atoms with van der Waals surface area (Å²) < 4.78 is 5.14. The molecule has 1 aromatic heterocycles. The quantitative estimate of drug-likeness (QED) is 0.371. The third kappa shape index (κ3) is 4.42. The second kappa shape index (κ2) is 9.91. The summed E-state index contributed by atoms with van der Waals surface area (Å²) in [5.74, 6) is -1.05. The van der Waals surface area contributed by atoms with Gasteiger partial charge in [0.1, 0.15) is 5.75 Å². The van der Waals surface area contributed by atoms with Crippen molar-refractivity contribution >= 4 is 28.8 Å². The van der Waals surface area contributed by atoms with E-state index in [0.717, 1.165) is 30.9 Å². The zero-order chi connectivity index (χ0) is 21.7. The number of rotatable bonds is 9.